The van der Waals surface area contributed by atoms with Crippen molar-refractivity contribution in [3.8, 4) is 6.07 Å². The highest BCUT2D eigenvalue weighted by molar-refractivity contribution is 4.74. The van der Waals surface area contributed by atoms with Gasteiger partial charge in [-0.1, -0.05) is 6.92 Å². The first kappa shape index (κ1) is 8.45. The van der Waals surface area contributed by atoms with E-state index in [-0.39, 0.29) is 6.10 Å². The number of ether oxygens (including phenoxy) is 1. The second-order valence-corrected chi connectivity index (χ2v) is 1.85. The normalized spacial score (nSPS) is 12.6. The summed E-state index contributed by atoms with van der Waals surface area (Å²) in [5.74, 6) is 0. The molecular weight excluding hydrogens is 114 g/mol. The molecule has 9 heavy (non-hydrogen) atoms. The van der Waals surface area contributed by atoms with Gasteiger partial charge in [-0.3, -0.25) is 0 Å². The van der Waals surface area contributed by atoms with Crippen LogP contribution in [0.1, 0.15) is 26.7 Å². The van der Waals surface area contributed by atoms with Crippen molar-refractivity contribution in [2.45, 2.75) is 32.8 Å². The van der Waals surface area contributed by atoms with Crippen LogP contribution in [0, 0.1) is 11.3 Å². The van der Waals surface area contributed by atoms with Crippen LogP contribution in [0.5, 0.6) is 0 Å². The van der Waals surface area contributed by atoms with Crippen molar-refractivity contribution in [2.24, 2.45) is 0 Å². The average Bonchev–Trinajstić information content (AvgIpc) is 1.88. The maximum atomic E-state index is 8.26. The van der Waals surface area contributed by atoms with Crippen LogP contribution in [-0.2, 0) is 4.74 Å². The Morgan fingerprint density at radius 3 is 2.56 bits per heavy atom. The summed E-state index contributed by atoms with van der Waals surface area (Å²) in [6.07, 6.45) is 1.60. The molecule has 1 atom stereocenters. The summed E-state index contributed by atoms with van der Waals surface area (Å²) < 4.78 is 5.21. The highest BCUT2D eigenvalue weighted by atomic mass is 16.5. The summed E-state index contributed by atoms with van der Waals surface area (Å²) >= 11 is 0. The lowest BCUT2D eigenvalue weighted by molar-refractivity contribution is 0.0637. The number of hydrogen-bond donors (Lipinski definition) is 0. The summed E-state index contributed by atoms with van der Waals surface area (Å²) in [7, 11) is 0. The number of nitrogens with zero attached hydrogens (tertiary/aromatic N) is 1. The zero-order chi connectivity index (χ0) is 7.11. The van der Waals surface area contributed by atoms with Gasteiger partial charge in [-0.15, -0.1) is 0 Å². The maximum Gasteiger partial charge on any atom is 0.0702 e. The summed E-state index contributed by atoms with van der Waals surface area (Å²) in [5.41, 5.74) is 0. The predicted octanol–water partition coefficient (Wildman–Crippen LogP) is 1.72. The Hall–Kier alpha value is -0.550. The van der Waals surface area contributed by atoms with E-state index >= 15 is 0 Å². The average molecular weight is 127 g/mol. The molecule has 0 aromatic rings. The van der Waals surface area contributed by atoms with Gasteiger partial charge in [-0.05, 0) is 13.3 Å². The van der Waals surface area contributed by atoms with Crippen molar-refractivity contribution in [1.82, 2.24) is 0 Å². The minimum atomic E-state index is 0.153. The fourth-order valence-electron chi connectivity index (χ4n) is 0.659. The van der Waals surface area contributed by atoms with Crippen LogP contribution in [0.3, 0.4) is 0 Å². The van der Waals surface area contributed by atoms with E-state index < -0.39 is 0 Å². The van der Waals surface area contributed by atoms with Crippen LogP contribution in [0.2, 0.25) is 0 Å². The third-order valence-corrected chi connectivity index (χ3v) is 1.18. The van der Waals surface area contributed by atoms with Gasteiger partial charge in [0.25, 0.3) is 0 Å². The smallest absolute Gasteiger partial charge is 0.0702 e. The molecule has 2 nitrogen and oxygen atoms in total. The molecule has 0 unspecified atom stereocenters. The van der Waals surface area contributed by atoms with Crippen LogP contribution in [0.15, 0.2) is 0 Å². The highest BCUT2D eigenvalue weighted by Gasteiger charge is 2.02. The molecule has 0 amide bonds. The van der Waals surface area contributed by atoms with Gasteiger partial charge in [-0.25, -0.2) is 0 Å². The van der Waals surface area contributed by atoms with Crippen LogP contribution >= 0.6 is 0 Å². The first-order valence-electron chi connectivity index (χ1n) is 3.33. The Kier molecular flexibility index (Phi) is 5.24. The van der Waals surface area contributed by atoms with E-state index in [9.17, 15) is 0 Å². The molecule has 0 bridgehead atoms. The molecule has 0 aromatic carbocycles. The predicted molar refractivity (Wildman–Crippen MR) is 35.9 cm³/mol. The van der Waals surface area contributed by atoms with Crippen molar-refractivity contribution < 1.29 is 4.74 Å². The zero-order valence-corrected chi connectivity index (χ0v) is 6.05. The Labute approximate surface area is 56.4 Å². The van der Waals surface area contributed by atoms with Crippen molar-refractivity contribution in [2.75, 3.05) is 6.61 Å². The van der Waals surface area contributed by atoms with E-state index in [1.165, 1.54) is 0 Å². The monoisotopic (exact) mass is 127 g/mol. The van der Waals surface area contributed by atoms with Crippen molar-refractivity contribution in [1.29, 1.82) is 5.26 Å². The summed E-state index contributed by atoms with van der Waals surface area (Å²) in [6, 6.07) is 2.08. The molecule has 0 aliphatic heterocycles. The quantitative estimate of drug-likeness (QED) is 0.576. The number of nitriles is 1. The number of rotatable bonds is 4. The first-order valence-corrected chi connectivity index (χ1v) is 3.33. The molecule has 0 heterocycles. The van der Waals surface area contributed by atoms with Gasteiger partial charge in [0, 0.05) is 6.61 Å². The van der Waals surface area contributed by atoms with Crippen molar-refractivity contribution in [3.05, 3.63) is 0 Å². The van der Waals surface area contributed by atoms with E-state index in [4.69, 9.17) is 10.00 Å². The molecule has 2 heteroatoms. The molecule has 0 aliphatic rings. The van der Waals surface area contributed by atoms with Gasteiger partial charge in [0.15, 0.2) is 0 Å². The molecule has 0 saturated carbocycles. The Morgan fingerprint density at radius 2 is 2.22 bits per heavy atom. The molecule has 0 fully saturated rings. The third-order valence-electron chi connectivity index (χ3n) is 1.18. The lowest BCUT2D eigenvalue weighted by Gasteiger charge is -2.09. The van der Waals surface area contributed by atoms with Gasteiger partial charge in [0.05, 0.1) is 18.6 Å². The summed E-state index contributed by atoms with van der Waals surface area (Å²) in [4.78, 5) is 0. The zero-order valence-electron chi connectivity index (χ0n) is 6.05. The Bertz CT molecular complexity index is 95.6. The maximum absolute atomic E-state index is 8.26. The number of hydrogen-bond acceptors (Lipinski definition) is 2. The van der Waals surface area contributed by atoms with E-state index in [2.05, 4.69) is 6.07 Å². The SMILES string of the molecule is CCO[C@@H](CC)CC#N. The Morgan fingerprint density at radius 1 is 1.56 bits per heavy atom. The second-order valence-electron chi connectivity index (χ2n) is 1.85. The molecule has 52 valence electrons. The van der Waals surface area contributed by atoms with Gasteiger partial charge in [-0.2, -0.15) is 5.26 Å². The minimum absolute atomic E-state index is 0.153. The van der Waals surface area contributed by atoms with Gasteiger partial charge in [0.2, 0.25) is 0 Å². The molecule has 0 aromatic heterocycles. The van der Waals surface area contributed by atoms with E-state index in [1.807, 2.05) is 13.8 Å². The highest BCUT2D eigenvalue weighted by Crippen LogP contribution is 2.00. The largest absolute Gasteiger partial charge is 0.377 e. The molecular formula is C7H13NO. The van der Waals surface area contributed by atoms with E-state index in [0.29, 0.717) is 13.0 Å². The molecule has 0 spiro atoms. The van der Waals surface area contributed by atoms with Crippen LogP contribution in [0.4, 0.5) is 0 Å². The standard InChI is InChI=1S/C7H13NO/c1-3-7(5-6-8)9-4-2/h7H,3-5H2,1-2H3/t7-/m0/s1. The lowest BCUT2D eigenvalue weighted by atomic mass is 10.2. The van der Waals surface area contributed by atoms with Crippen molar-refractivity contribution in [3.63, 3.8) is 0 Å². The van der Waals surface area contributed by atoms with E-state index in [1.54, 1.807) is 0 Å². The van der Waals surface area contributed by atoms with Crippen LogP contribution in [-0.4, -0.2) is 12.7 Å². The summed E-state index contributed by atoms with van der Waals surface area (Å²) in [5, 5.41) is 8.26. The lowest BCUT2D eigenvalue weighted by Crippen LogP contribution is -2.09. The van der Waals surface area contributed by atoms with Gasteiger partial charge < -0.3 is 4.74 Å². The molecule has 0 N–H and O–H groups in total. The second kappa shape index (κ2) is 5.58. The molecule has 0 aliphatic carbocycles. The minimum Gasteiger partial charge on any atom is -0.377 e. The van der Waals surface area contributed by atoms with Gasteiger partial charge in [0.1, 0.15) is 0 Å². The molecule has 0 rings (SSSR count). The molecule has 0 saturated heterocycles. The van der Waals surface area contributed by atoms with Gasteiger partial charge >= 0.3 is 0 Å². The summed E-state index contributed by atoms with van der Waals surface area (Å²) in [6.45, 7) is 4.68. The third kappa shape index (κ3) is 3.99. The van der Waals surface area contributed by atoms with E-state index in [0.717, 1.165) is 6.42 Å². The van der Waals surface area contributed by atoms with Crippen LogP contribution in [0.25, 0.3) is 0 Å². The van der Waals surface area contributed by atoms with Crippen LogP contribution < -0.4 is 0 Å². The first-order chi connectivity index (χ1) is 4.35. The molecule has 0 radical (unpaired) electrons. The Balaban J connectivity index is 3.32. The topological polar surface area (TPSA) is 33.0 Å². The fourth-order valence-corrected chi connectivity index (χ4v) is 0.659. The van der Waals surface area contributed by atoms with Crippen molar-refractivity contribution >= 4 is 0 Å². The fraction of sp³-hybridized carbons (Fsp3) is 0.857.